The normalized spacial score (nSPS) is 25.2. The van der Waals surface area contributed by atoms with Crippen molar-refractivity contribution in [3.05, 3.63) is 35.4 Å². The molecule has 0 spiro atoms. The molecule has 2 heterocycles. The molecule has 3 fully saturated rings. The summed E-state index contributed by atoms with van der Waals surface area (Å²) in [5.74, 6) is 1.13. The molecule has 1 amide bonds. The van der Waals surface area contributed by atoms with E-state index in [0.717, 1.165) is 19.5 Å². The van der Waals surface area contributed by atoms with Crippen LogP contribution in [0.3, 0.4) is 0 Å². The molecule has 28 heavy (non-hydrogen) atoms. The third-order valence-electron chi connectivity index (χ3n) is 6.87. The van der Waals surface area contributed by atoms with Crippen LogP contribution in [-0.2, 0) is 11.3 Å². The second kappa shape index (κ2) is 8.96. The van der Waals surface area contributed by atoms with Crippen molar-refractivity contribution in [3.63, 3.8) is 0 Å². The van der Waals surface area contributed by atoms with Crippen molar-refractivity contribution in [1.82, 2.24) is 15.1 Å². The van der Waals surface area contributed by atoms with Crippen LogP contribution >= 0.6 is 0 Å². The molecule has 0 unspecified atom stereocenters. The van der Waals surface area contributed by atoms with Crippen LogP contribution in [-0.4, -0.2) is 54.0 Å². The van der Waals surface area contributed by atoms with Gasteiger partial charge in [-0.2, -0.15) is 0 Å². The molecule has 4 rings (SSSR count). The van der Waals surface area contributed by atoms with Gasteiger partial charge in [-0.05, 0) is 75.2 Å². The molecule has 1 aromatic rings. The maximum absolute atomic E-state index is 12.5. The molecule has 1 N–H and O–H groups in total. The average molecular weight is 384 g/mol. The Morgan fingerprint density at radius 1 is 1.04 bits per heavy atom. The predicted molar refractivity (Wildman–Crippen MR) is 114 cm³/mol. The summed E-state index contributed by atoms with van der Waals surface area (Å²) < 4.78 is 0. The Bertz CT molecular complexity index is 644. The number of hydrogen-bond acceptors (Lipinski definition) is 3. The molecule has 1 aliphatic carbocycles. The SMILES string of the molecule is CC(C)c1ccc(CN2CCC(N3CCC[C@@H](C(=O)NC4CC4)C3)CC2)cc1. The molecule has 0 bridgehead atoms. The Balaban J connectivity index is 1.23. The summed E-state index contributed by atoms with van der Waals surface area (Å²) in [6.07, 6.45) is 7.08. The number of amides is 1. The number of nitrogens with zero attached hydrogens (tertiary/aromatic N) is 2. The van der Waals surface area contributed by atoms with Gasteiger partial charge in [0.1, 0.15) is 0 Å². The molecule has 0 aromatic heterocycles. The Kier molecular flexibility index (Phi) is 6.37. The second-order valence-electron chi connectivity index (χ2n) is 9.52. The zero-order chi connectivity index (χ0) is 19.5. The van der Waals surface area contributed by atoms with Gasteiger partial charge >= 0.3 is 0 Å². The summed E-state index contributed by atoms with van der Waals surface area (Å²) in [4.78, 5) is 17.7. The van der Waals surface area contributed by atoms with E-state index in [4.69, 9.17) is 0 Å². The number of piperidine rings is 2. The highest BCUT2D eigenvalue weighted by molar-refractivity contribution is 5.79. The molecule has 1 atom stereocenters. The smallest absolute Gasteiger partial charge is 0.224 e. The molecule has 154 valence electrons. The maximum Gasteiger partial charge on any atom is 0.224 e. The van der Waals surface area contributed by atoms with Gasteiger partial charge in [0.2, 0.25) is 5.91 Å². The third-order valence-corrected chi connectivity index (χ3v) is 6.87. The molecule has 3 aliphatic rings. The van der Waals surface area contributed by atoms with Crippen molar-refractivity contribution < 1.29 is 4.79 Å². The molecule has 4 nitrogen and oxygen atoms in total. The quantitative estimate of drug-likeness (QED) is 0.812. The zero-order valence-corrected chi connectivity index (χ0v) is 17.7. The van der Waals surface area contributed by atoms with E-state index in [1.165, 1.54) is 62.9 Å². The zero-order valence-electron chi connectivity index (χ0n) is 17.7. The minimum absolute atomic E-state index is 0.215. The Hall–Kier alpha value is -1.39. The van der Waals surface area contributed by atoms with Crippen LogP contribution < -0.4 is 5.32 Å². The Labute approximate surface area is 170 Å². The summed E-state index contributed by atoms with van der Waals surface area (Å²) in [5, 5.41) is 3.22. The first-order valence-electron chi connectivity index (χ1n) is 11.4. The highest BCUT2D eigenvalue weighted by Gasteiger charge is 2.33. The van der Waals surface area contributed by atoms with Crippen LogP contribution in [0.2, 0.25) is 0 Å². The predicted octanol–water partition coefficient (Wildman–Crippen LogP) is 3.77. The largest absolute Gasteiger partial charge is 0.353 e. The summed E-state index contributed by atoms with van der Waals surface area (Å²) in [6, 6.07) is 10.3. The van der Waals surface area contributed by atoms with Gasteiger partial charge in [0.25, 0.3) is 0 Å². The van der Waals surface area contributed by atoms with Crippen LogP contribution in [0.15, 0.2) is 24.3 Å². The van der Waals surface area contributed by atoms with E-state index in [1.807, 2.05) is 0 Å². The number of rotatable bonds is 6. The number of carbonyl (C=O) groups excluding carboxylic acids is 1. The standard InChI is InChI=1S/C24H37N3O/c1-18(2)20-7-5-19(6-8-20)16-26-14-11-23(12-15-26)27-13-3-4-21(17-27)24(28)25-22-9-10-22/h5-8,18,21-23H,3-4,9-17H2,1-2H3,(H,25,28)/t21-/m1/s1. The average Bonchev–Trinajstić information content (AvgIpc) is 3.53. The highest BCUT2D eigenvalue weighted by atomic mass is 16.2. The van der Waals surface area contributed by atoms with E-state index in [1.54, 1.807) is 0 Å². The Morgan fingerprint density at radius 3 is 2.39 bits per heavy atom. The van der Waals surface area contributed by atoms with E-state index in [-0.39, 0.29) is 5.92 Å². The van der Waals surface area contributed by atoms with E-state index >= 15 is 0 Å². The van der Waals surface area contributed by atoms with Crippen molar-refractivity contribution in [2.45, 2.75) is 76.9 Å². The van der Waals surface area contributed by atoms with Gasteiger partial charge in [-0.3, -0.25) is 14.6 Å². The van der Waals surface area contributed by atoms with E-state index in [0.29, 0.717) is 23.9 Å². The first-order valence-corrected chi connectivity index (χ1v) is 11.4. The highest BCUT2D eigenvalue weighted by Crippen LogP contribution is 2.26. The molecular formula is C24H37N3O. The van der Waals surface area contributed by atoms with Crippen molar-refractivity contribution in [2.24, 2.45) is 5.92 Å². The molecule has 2 saturated heterocycles. The number of carbonyl (C=O) groups is 1. The monoisotopic (exact) mass is 383 g/mol. The molecule has 1 aromatic carbocycles. The maximum atomic E-state index is 12.5. The Morgan fingerprint density at radius 2 is 1.75 bits per heavy atom. The fraction of sp³-hybridized carbons (Fsp3) is 0.708. The number of benzene rings is 1. The first-order chi connectivity index (χ1) is 13.6. The van der Waals surface area contributed by atoms with E-state index < -0.39 is 0 Å². The van der Waals surface area contributed by atoms with Gasteiger partial charge in [-0.15, -0.1) is 0 Å². The van der Waals surface area contributed by atoms with Crippen molar-refractivity contribution in [2.75, 3.05) is 26.2 Å². The molecule has 0 radical (unpaired) electrons. The van der Waals surface area contributed by atoms with Crippen LogP contribution in [0.25, 0.3) is 0 Å². The van der Waals surface area contributed by atoms with Gasteiger partial charge in [0.15, 0.2) is 0 Å². The minimum Gasteiger partial charge on any atom is -0.353 e. The van der Waals surface area contributed by atoms with E-state index in [9.17, 15) is 4.79 Å². The summed E-state index contributed by atoms with van der Waals surface area (Å²) in [7, 11) is 0. The number of likely N-dealkylation sites (tertiary alicyclic amines) is 2. The third kappa shape index (κ3) is 5.15. The molecule has 1 saturated carbocycles. The van der Waals surface area contributed by atoms with Gasteiger partial charge < -0.3 is 5.32 Å². The van der Waals surface area contributed by atoms with Crippen LogP contribution in [0.5, 0.6) is 0 Å². The van der Waals surface area contributed by atoms with Gasteiger partial charge in [0.05, 0.1) is 5.92 Å². The van der Waals surface area contributed by atoms with Gasteiger partial charge in [0, 0.05) is 25.2 Å². The summed E-state index contributed by atoms with van der Waals surface area (Å²) in [5.41, 5.74) is 2.85. The molecule has 4 heteroatoms. The lowest BCUT2D eigenvalue weighted by atomic mass is 9.93. The van der Waals surface area contributed by atoms with E-state index in [2.05, 4.69) is 53.2 Å². The second-order valence-corrected chi connectivity index (χ2v) is 9.52. The van der Waals surface area contributed by atoms with Crippen molar-refractivity contribution in [3.8, 4) is 0 Å². The van der Waals surface area contributed by atoms with Crippen LogP contribution in [0, 0.1) is 5.92 Å². The van der Waals surface area contributed by atoms with Crippen LogP contribution in [0.4, 0.5) is 0 Å². The molecular weight excluding hydrogens is 346 g/mol. The lowest BCUT2D eigenvalue weighted by molar-refractivity contribution is -0.127. The lowest BCUT2D eigenvalue weighted by Crippen LogP contribution is -2.50. The topological polar surface area (TPSA) is 35.6 Å². The summed E-state index contributed by atoms with van der Waals surface area (Å²) in [6.45, 7) is 10.1. The lowest BCUT2D eigenvalue weighted by Gasteiger charge is -2.42. The van der Waals surface area contributed by atoms with Crippen molar-refractivity contribution in [1.29, 1.82) is 0 Å². The summed E-state index contributed by atoms with van der Waals surface area (Å²) >= 11 is 0. The minimum atomic E-state index is 0.215. The number of nitrogens with one attached hydrogen (secondary N) is 1. The molecule has 2 aliphatic heterocycles. The van der Waals surface area contributed by atoms with Crippen molar-refractivity contribution >= 4 is 5.91 Å². The van der Waals surface area contributed by atoms with Crippen LogP contribution in [0.1, 0.15) is 69.4 Å². The van der Waals surface area contributed by atoms with Gasteiger partial charge in [-0.25, -0.2) is 0 Å². The fourth-order valence-electron chi connectivity index (χ4n) is 4.81. The number of hydrogen-bond donors (Lipinski definition) is 1. The first kappa shape index (κ1) is 19.9. The van der Waals surface area contributed by atoms with Gasteiger partial charge in [-0.1, -0.05) is 38.1 Å². The fourth-order valence-corrected chi connectivity index (χ4v) is 4.81.